The van der Waals surface area contributed by atoms with E-state index in [9.17, 15) is 0 Å². The Labute approximate surface area is 245 Å². The van der Waals surface area contributed by atoms with Gasteiger partial charge in [-0.05, 0) is 94.5 Å². The molecule has 0 bridgehead atoms. The second-order valence-corrected chi connectivity index (χ2v) is 11.3. The molecule has 0 N–H and O–H groups in total. The van der Waals surface area contributed by atoms with Gasteiger partial charge in [0.2, 0.25) is 5.78 Å². The molecule has 3 aromatic heterocycles. The predicted molar refractivity (Wildman–Crippen MR) is 178 cm³/mol. The standard InChI is InChI=1S/C39H22N4/c1-5-23-11-12-24-7-3-10-31-32-20-28(27-15-16-33(41-21-27)34-22-43-18-4-17-40-39(43)42-34)19-26-14-13-25-6-2-9-30(36(25)38(26)32)29(8-1)35(23)37(24)31/h1-22H. The molecular weight excluding hydrogens is 524 g/mol. The summed E-state index contributed by atoms with van der Waals surface area (Å²) in [5, 5.41) is 15.4. The lowest BCUT2D eigenvalue weighted by atomic mass is 9.86. The predicted octanol–water partition coefficient (Wildman–Crippen LogP) is 9.82. The van der Waals surface area contributed by atoms with Crippen molar-refractivity contribution in [1.82, 2.24) is 19.4 Å². The minimum atomic E-state index is 0.668. The Morgan fingerprint density at radius 2 is 1.09 bits per heavy atom. The lowest BCUT2D eigenvalue weighted by Crippen LogP contribution is -1.90. The average molecular weight is 547 g/mol. The van der Waals surface area contributed by atoms with Crippen molar-refractivity contribution in [2.45, 2.75) is 0 Å². The van der Waals surface area contributed by atoms with Crippen molar-refractivity contribution in [2.75, 3.05) is 0 Å². The van der Waals surface area contributed by atoms with Crippen LogP contribution in [0.25, 0.3) is 92.9 Å². The minimum Gasteiger partial charge on any atom is -0.290 e. The number of benzene rings is 6. The molecule has 0 atom stereocenters. The lowest BCUT2D eigenvalue weighted by Gasteiger charge is -2.17. The second kappa shape index (κ2) is 8.34. The maximum absolute atomic E-state index is 4.85. The van der Waals surface area contributed by atoms with Crippen LogP contribution in [0.2, 0.25) is 0 Å². The molecule has 10 aromatic rings. The van der Waals surface area contributed by atoms with Crippen LogP contribution in [0.4, 0.5) is 0 Å². The van der Waals surface area contributed by atoms with E-state index < -0.39 is 0 Å². The van der Waals surface area contributed by atoms with Crippen LogP contribution in [0, 0.1) is 0 Å². The number of hydrogen-bond donors (Lipinski definition) is 0. The zero-order valence-electron chi connectivity index (χ0n) is 23.0. The highest BCUT2D eigenvalue weighted by Crippen LogP contribution is 2.44. The highest BCUT2D eigenvalue weighted by atomic mass is 15.1. The Kier molecular flexibility index (Phi) is 4.42. The summed E-state index contributed by atoms with van der Waals surface area (Å²) in [7, 11) is 0. The fourth-order valence-electron chi connectivity index (χ4n) is 7.12. The highest BCUT2D eigenvalue weighted by molar-refractivity contribution is 6.37. The first-order chi connectivity index (χ1) is 21.3. The fourth-order valence-corrected chi connectivity index (χ4v) is 7.12. The van der Waals surface area contributed by atoms with Gasteiger partial charge in [-0.3, -0.25) is 9.38 Å². The third-order valence-corrected chi connectivity index (χ3v) is 9.02. The van der Waals surface area contributed by atoms with Gasteiger partial charge < -0.3 is 0 Å². The molecule has 3 heterocycles. The number of aromatic nitrogens is 4. The summed E-state index contributed by atoms with van der Waals surface area (Å²) in [6.07, 6.45) is 7.64. The van der Waals surface area contributed by atoms with Crippen molar-refractivity contribution in [1.29, 1.82) is 0 Å². The molecule has 0 amide bonds. The Bertz CT molecular complexity index is 2680. The van der Waals surface area contributed by atoms with Crippen LogP contribution in [0.5, 0.6) is 0 Å². The normalized spacial score (nSPS) is 12.2. The number of imidazole rings is 1. The highest BCUT2D eigenvalue weighted by Gasteiger charge is 2.16. The van der Waals surface area contributed by atoms with E-state index in [1.54, 1.807) is 6.20 Å². The molecule has 10 rings (SSSR count). The smallest absolute Gasteiger partial charge is 0.234 e. The van der Waals surface area contributed by atoms with Crippen LogP contribution >= 0.6 is 0 Å². The molecule has 0 aliphatic carbocycles. The Morgan fingerprint density at radius 1 is 0.465 bits per heavy atom. The number of rotatable bonds is 2. The zero-order chi connectivity index (χ0) is 28.1. The third-order valence-electron chi connectivity index (χ3n) is 9.02. The minimum absolute atomic E-state index is 0.668. The van der Waals surface area contributed by atoms with Crippen molar-refractivity contribution >= 4 is 70.4 Å². The van der Waals surface area contributed by atoms with Gasteiger partial charge in [-0.2, -0.15) is 0 Å². The molecule has 4 nitrogen and oxygen atoms in total. The van der Waals surface area contributed by atoms with E-state index in [0.29, 0.717) is 5.78 Å². The summed E-state index contributed by atoms with van der Waals surface area (Å²) >= 11 is 0. The molecule has 0 aliphatic rings. The van der Waals surface area contributed by atoms with Gasteiger partial charge >= 0.3 is 0 Å². The lowest BCUT2D eigenvalue weighted by molar-refractivity contribution is 1.11. The quantitative estimate of drug-likeness (QED) is 0.203. The molecule has 0 fully saturated rings. The van der Waals surface area contributed by atoms with Gasteiger partial charge in [0.05, 0.1) is 5.69 Å². The summed E-state index contributed by atoms with van der Waals surface area (Å²) in [5.41, 5.74) is 3.86. The van der Waals surface area contributed by atoms with Crippen LogP contribution in [0.1, 0.15) is 0 Å². The molecule has 0 unspecified atom stereocenters. The topological polar surface area (TPSA) is 43.1 Å². The maximum Gasteiger partial charge on any atom is 0.234 e. The summed E-state index contributed by atoms with van der Waals surface area (Å²) in [6, 6.07) is 40.0. The zero-order valence-corrected chi connectivity index (χ0v) is 23.0. The third kappa shape index (κ3) is 3.18. The van der Waals surface area contributed by atoms with E-state index in [0.717, 1.165) is 22.5 Å². The molecular formula is C39H22N4. The Morgan fingerprint density at radius 3 is 1.72 bits per heavy atom. The molecule has 0 radical (unpaired) electrons. The number of nitrogens with zero attached hydrogens (tertiary/aromatic N) is 4. The van der Waals surface area contributed by atoms with Gasteiger partial charge in [0.1, 0.15) is 5.69 Å². The second-order valence-electron chi connectivity index (χ2n) is 11.3. The van der Waals surface area contributed by atoms with E-state index in [2.05, 4.69) is 113 Å². The molecule has 43 heavy (non-hydrogen) atoms. The largest absolute Gasteiger partial charge is 0.290 e. The number of fused-ring (bicyclic) bond motifs is 3. The summed E-state index contributed by atoms with van der Waals surface area (Å²) in [5.74, 6) is 0.668. The van der Waals surface area contributed by atoms with E-state index in [4.69, 9.17) is 4.98 Å². The van der Waals surface area contributed by atoms with E-state index in [1.165, 1.54) is 64.6 Å². The van der Waals surface area contributed by atoms with Crippen molar-refractivity contribution < 1.29 is 0 Å². The van der Waals surface area contributed by atoms with Crippen LogP contribution in [0.3, 0.4) is 0 Å². The summed E-state index contributed by atoms with van der Waals surface area (Å²) in [4.78, 5) is 13.9. The molecule has 198 valence electrons. The Balaban J connectivity index is 1.31. The van der Waals surface area contributed by atoms with E-state index in [-0.39, 0.29) is 0 Å². The van der Waals surface area contributed by atoms with Gasteiger partial charge in [-0.1, -0.05) is 84.9 Å². The number of hydrogen-bond acceptors (Lipinski definition) is 3. The average Bonchev–Trinajstić information content (AvgIpc) is 3.51. The summed E-state index contributed by atoms with van der Waals surface area (Å²) < 4.78 is 1.92. The van der Waals surface area contributed by atoms with E-state index >= 15 is 0 Å². The van der Waals surface area contributed by atoms with Gasteiger partial charge in [-0.15, -0.1) is 0 Å². The summed E-state index contributed by atoms with van der Waals surface area (Å²) in [6.45, 7) is 0. The SMILES string of the molecule is c1cc2ccc3cccc4c5cc(-c6ccc(-c7cn8cccnc8n7)nc6)cc6ccc7cccc(c(c1)c2c34)c7c65. The van der Waals surface area contributed by atoms with Crippen LogP contribution in [-0.2, 0) is 0 Å². The molecule has 4 heteroatoms. The molecule has 0 spiro atoms. The molecule has 0 aliphatic heterocycles. The van der Waals surface area contributed by atoms with Crippen molar-refractivity contribution in [3.05, 3.63) is 134 Å². The number of pyridine rings is 1. The maximum atomic E-state index is 4.85. The van der Waals surface area contributed by atoms with Crippen molar-refractivity contribution in [3.8, 4) is 22.5 Å². The van der Waals surface area contributed by atoms with E-state index in [1.807, 2.05) is 29.1 Å². The van der Waals surface area contributed by atoms with Gasteiger partial charge in [0.25, 0.3) is 0 Å². The van der Waals surface area contributed by atoms with Crippen LogP contribution < -0.4 is 0 Å². The molecule has 0 saturated carbocycles. The first kappa shape index (κ1) is 22.8. The Hall–Kier alpha value is -5.87. The monoisotopic (exact) mass is 546 g/mol. The first-order valence-electron chi connectivity index (χ1n) is 14.5. The molecule has 7 aromatic carbocycles. The van der Waals surface area contributed by atoms with Gasteiger partial charge in [0, 0.05) is 30.4 Å². The van der Waals surface area contributed by atoms with Crippen LogP contribution in [-0.4, -0.2) is 19.4 Å². The van der Waals surface area contributed by atoms with Gasteiger partial charge in [0.15, 0.2) is 0 Å². The van der Waals surface area contributed by atoms with Crippen molar-refractivity contribution in [2.24, 2.45) is 0 Å². The van der Waals surface area contributed by atoms with Crippen molar-refractivity contribution in [3.63, 3.8) is 0 Å². The van der Waals surface area contributed by atoms with Gasteiger partial charge in [-0.25, -0.2) is 9.97 Å². The molecule has 0 saturated heterocycles. The fraction of sp³-hybridized carbons (Fsp3) is 0. The van der Waals surface area contributed by atoms with Crippen LogP contribution in [0.15, 0.2) is 134 Å². The first-order valence-corrected chi connectivity index (χ1v) is 14.5.